The van der Waals surface area contributed by atoms with Crippen LogP contribution in [0.4, 0.5) is 4.39 Å². The molecule has 0 radical (unpaired) electrons. The molecule has 0 unspecified atom stereocenters. The molecule has 2 aromatic rings. The third-order valence-corrected chi connectivity index (χ3v) is 3.76. The molecule has 0 aliphatic rings. The minimum absolute atomic E-state index is 0.362. The van der Waals surface area contributed by atoms with E-state index in [9.17, 15) is 4.39 Å². The summed E-state index contributed by atoms with van der Waals surface area (Å²) in [5.74, 6) is 1.25. The summed E-state index contributed by atoms with van der Waals surface area (Å²) in [7, 11) is 0. The number of halogens is 1. The van der Waals surface area contributed by atoms with Crippen LogP contribution in [-0.4, -0.2) is 22.7 Å². The van der Waals surface area contributed by atoms with E-state index in [1.807, 2.05) is 31.2 Å². The second-order valence-electron chi connectivity index (χ2n) is 5.84. The topological polar surface area (TPSA) is 35.0 Å². The van der Waals surface area contributed by atoms with Gasteiger partial charge in [0.2, 0.25) is 0 Å². The van der Waals surface area contributed by atoms with Gasteiger partial charge in [-0.15, -0.1) is 0 Å². The summed E-state index contributed by atoms with van der Waals surface area (Å²) in [5.41, 5.74) is 2.18. The number of hydrogen-bond donors (Lipinski definition) is 0. The van der Waals surface area contributed by atoms with E-state index in [-0.39, 0.29) is 0 Å². The minimum Gasteiger partial charge on any atom is -0.490 e. The fraction of sp³-hybridized carbons (Fsp3) is 0.474. The lowest BCUT2D eigenvalue weighted by atomic mass is 10.1. The fourth-order valence-corrected chi connectivity index (χ4v) is 2.31. The predicted octanol–water partition coefficient (Wildman–Crippen LogP) is 5.14. The van der Waals surface area contributed by atoms with E-state index in [4.69, 9.17) is 4.74 Å². The molecule has 1 heterocycles. The van der Waals surface area contributed by atoms with Crippen molar-refractivity contribution >= 4 is 0 Å². The van der Waals surface area contributed by atoms with Crippen molar-refractivity contribution in [3.05, 3.63) is 42.2 Å². The summed E-state index contributed by atoms with van der Waals surface area (Å²) >= 11 is 0. The maximum Gasteiger partial charge on any atom is 0.159 e. The molecule has 2 rings (SSSR count). The average Bonchev–Trinajstić information content (AvgIpc) is 2.57. The molecular weight excluding hydrogens is 291 g/mol. The van der Waals surface area contributed by atoms with Crippen LogP contribution in [0.1, 0.15) is 44.6 Å². The summed E-state index contributed by atoms with van der Waals surface area (Å²) in [6.07, 6.45) is 6.71. The largest absolute Gasteiger partial charge is 0.490 e. The van der Waals surface area contributed by atoms with Gasteiger partial charge in [0.05, 0.1) is 19.0 Å². The second-order valence-corrected chi connectivity index (χ2v) is 5.84. The van der Waals surface area contributed by atoms with E-state index in [2.05, 4.69) is 16.9 Å². The third-order valence-electron chi connectivity index (χ3n) is 3.76. The first-order valence-electron chi connectivity index (χ1n) is 8.35. The van der Waals surface area contributed by atoms with Gasteiger partial charge < -0.3 is 4.74 Å². The monoisotopic (exact) mass is 316 g/mol. The molecule has 0 aliphatic heterocycles. The summed E-state index contributed by atoms with van der Waals surface area (Å²) in [4.78, 5) is 8.61. The Kier molecular flexibility index (Phi) is 6.98. The van der Waals surface area contributed by atoms with Gasteiger partial charge in [0.15, 0.2) is 11.6 Å². The molecule has 1 atom stereocenters. The van der Waals surface area contributed by atoms with Gasteiger partial charge in [-0.25, -0.2) is 14.4 Å². The number of aromatic nitrogens is 2. The lowest BCUT2D eigenvalue weighted by molar-refractivity contribution is 0.222. The molecule has 0 aliphatic carbocycles. The Balaban J connectivity index is 1.78. The Bertz CT molecular complexity index is 569. The Morgan fingerprint density at radius 1 is 1.04 bits per heavy atom. The zero-order chi connectivity index (χ0) is 16.5. The Morgan fingerprint density at radius 2 is 1.74 bits per heavy atom. The summed E-state index contributed by atoms with van der Waals surface area (Å²) in [6.45, 7) is 4.53. The molecule has 0 amide bonds. The molecule has 0 saturated carbocycles. The van der Waals surface area contributed by atoms with Crippen molar-refractivity contribution in [2.75, 3.05) is 6.61 Å². The van der Waals surface area contributed by atoms with E-state index in [0.717, 1.165) is 24.8 Å². The summed E-state index contributed by atoms with van der Waals surface area (Å²) in [5, 5.41) is 0. The standard InChI is InChI=1S/C19H25FN2O/c1-3-4-5-6-17(20)11-12-23-18-13-21-19(22-14-18)16-9-7-15(2)8-10-16/h7-10,13-14,17H,3-6,11-12H2,1-2H3/t17-/m1/s1. The Hall–Kier alpha value is -1.97. The molecular formula is C19H25FN2O. The van der Waals surface area contributed by atoms with E-state index < -0.39 is 6.17 Å². The van der Waals surface area contributed by atoms with Crippen LogP contribution in [0.25, 0.3) is 11.4 Å². The summed E-state index contributed by atoms with van der Waals surface area (Å²) in [6, 6.07) is 8.05. The Morgan fingerprint density at radius 3 is 2.39 bits per heavy atom. The maximum absolute atomic E-state index is 13.6. The Labute approximate surface area is 137 Å². The van der Waals surface area contributed by atoms with Gasteiger partial charge in [-0.05, 0) is 13.3 Å². The van der Waals surface area contributed by atoms with Crippen molar-refractivity contribution in [1.29, 1.82) is 0 Å². The predicted molar refractivity (Wildman–Crippen MR) is 91.4 cm³/mol. The number of unbranched alkanes of at least 4 members (excludes halogenated alkanes) is 2. The number of nitrogens with zero attached hydrogens (tertiary/aromatic N) is 2. The molecule has 0 spiro atoms. The number of rotatable bonds is 9. The highest BCUT2D eigenvalue weighted by molar-refractivity contribution is 5.55. The van der Waals surface area contributed by atoms with Gasteiger partial charge in [0.1, 0.15) is 6.17 Å². The summed E-state index contributed by atoms with van der Waals surface area (Å²) < 4.78 is 19.2. The van der Waals surface area contributed by atoms with Gasteiger partial charge in [-0.3, -0.25) is 0 Å². The van der Waals surface area contributed by atoms with Gasteiger partial charge >= 0.3 is 0 Å². The van der Waals surface area contributed by atoms with Gasteiger partial charge in [0.25, 0.3) is 0 Å². The molecule has 3 nitrogen and oxygen atoms in total. The lowest BCUT2D eigenvalue weighted by Crippen LogP contribution is -2.08. The highest BCUT2D eigenvalue weighted by Crippen LogP contribution is 2.17. The van der Waals surface area contributed by atoms with Crippen LogP contribution < -0.4 is 4.74 Å². The molecule has 4 heteroatoms. The normalized spacial score (nSPS) is 12.1. The van der Waals surface area contributed by atoms with Crippen LogP contribution >= 0.6 is 0 Å². The van der Waals surface area contributed by atoms with Crippen molar-refractivity contribution in [3.8, 4) is 17.1 Å². The highest BCUT2D eigenvalue weighted by Gasteiger charge is 2.07. The van der Waals surface area contributed by atoms with E-state index in [1.54, 1.807) is 12.4 Å². The maximum atomic E-state index is 13.6. The fourth-order valence-electron chi connectivity index (χ4n) is 2.31. The second kappa shape index (κ2) is 9.23. The number of alkyl halides is 1. The van der Waals surface area contributed by atoms with Crippen molar-refractivity contribution in [1.82, 2.24) is 9.97 Å². The van der Waals surface area contributed by atoms with Crippen molar-refractivity contribution in [2.24, 2.45) is 0 Å². The van der Waals surface area contributed by atoms with Crippen LogP contribution in [0.5, 0.6) is 5.75 Å². The van der Waals surface area contributed by atoms with Crippen LogP contribution in [0, 0.1) is 6.92 Å². The number of hydrogen-bond acceptors (Lipinski definition) is 3. The number of benzene rings is 1. The molecule has 0 saturated heterocycles. The molecule has 0 bridgehead atoms. The SMILES string of the molecule is CCCCC[C@@H](F)CCOc1cnc(-c2ccc(C)cc2)nc1. The zero-order valence-corrected chi connectivity index (χ0v) is 14.0. The quantitative estimate of drug-likeness (QED) is 0.601. The zero-order valence-electron chi connectivity index (χ0n) is 14.0. The number of aryl methyl sites for hydroxylation is 1. The first-order chi connectivity index (χ1) is 11.2. The minimum atomic E-state index is -0.783. The van der Waals surface area contributed by atoms with E-state index >= 15 is 0 Å². The van der Waals surface area contributed by atoms with Crippen LogP contribution in [0.3, 0.4) is 0 Å². The number of ether oxygens (including phenoxy) is 1. The van der Waals surface area contributed by atoms with Crippen LogP contribution in [0.2, 0.25) is 0 Å². The van der Waals surface area contributed by atoms with Crippen molar-refractivity contribution < 1.29 is 9.13 Å². The molecule has 0 fully saturated rings. The van der Waals surface area contributed by atoms with Crippen LogP contribution in [0.15, 0.2) is 36.7 Å². The smallest absolute Gasteiger partial charge is 0.159 e. The first-order valence-corrected chi connectivity index (χ1v) is 8.35. The van der Waals surface area contributed by atoms with Gasteiger partial charge in [0, 0.05) is 12.0 Å². The van der Waals surface area contributed by atoms with Crippen molar-refractivity contribution in [3.63, 3.8) is 0 Å². The van der Waals surface area contributed by atoms with E-state index in [1.165, 1.54) is 5.56 Å². The first kappa shape index (κ1) is 17.4. The third kappa shape index (κ3) is 5.97. The van der Waals surface area contributed by atoms with Gasteiger partial charge in [-0.1, -0.05) is 56.0 Å². The highest BCUT2D eigenvalue weighted by atomic mass is 19.1. The van der Waals surface area contributed by atoms with E-state index in [0.29, 0.717) is 31.0 Å². The average molecular weight is 316 g/mol. The molecule has 1 aromatic carbocycles. The van der Waals surface area contributed by atoms with Crippen LogP contribution in [-0.2, 0) is 0 Å². The molecule has 1 aromatic heterocycles. The molecule has 124 valence electrons. The van der Waals surface area contributed by atoms with Crippen molar-refractivity contribution in [2.45, 2.75) is 52.1 Å². The lowest BCUT2D eigenvalue weighted by Gasteiger charge is -2.09. The molecule has 23 heavy (non-hydrogen) atoms. The van der Waals surface area contributed by atoms with Gasteiger partial charge in [-0.2, -0.15) is 0 Å². The molecule has 0 N–H and O–H groups in total.